The van der Waals surface area contributed by atoms with Crippen molar-refractivity contribution < 1.29 is 14.3 Å². The molecule has 1 saturated carbocycles. The van der Waals surface area contributed by atoms with E-state index in [2.05, 4.69) is 19.2 Å². The van der Waals surface area contributed by atoms with Crippen molar-refractivity contribution in [3.05, 3.63) is 23.8 Å². The molecule has 1 fully saturated rings. The number of hydrogen-bond acceptors (Lipinski definition) is 4. The first-order valence-electron chi connectivity index (χ1n) is 7.76. The molecule has 21 heavy (non-hydrogen) atoms. The molecule has 0 unspecified atom stereocenters. The number of benzene rings is 1. The number of hydrogen-bond donors (Lipinski definition) is 1. The van der Waals surface area contributed by atoms with Gasteiger partial charge in [-0.3, -0.25) is 0 Å². The highest BCUT2D eigenvalue weighted by Crippen LogP contribution is 2.37. The van der Waals surface area contributed by atoms with E-state index < -0.39 is 0 Å². The summed E-state index contributed by atoms with van der Waals surface area (Å²) >= 11 is 0. The fraction of sp³-hybridized carbons (Fsp3) is 0.588. The van der Waals surface area contributed by atoms with Crippen LogP contribution in [0.5, 0.6) is 5.75 Å². The summed E-state index contributed by atoms with van der Waals surface area (Å²) in [4.78, 5) is 12.4. The molecule has 114 valence electrons. The highest BCUT2D eigenvalue weighted by atomic mass is 16.5. The quantitative estimate of drug-likeness (QED) is 0.845. The lowest BCUT2D eigenvalue weighted by Crippen LogP contribution is -2.29. The zero-order valence-corrected chi connectivity index (χ0v) is 12.8. The molecule has 1 N–H and O–H groups in total. The van der Waals surface area contributed by atoms with Gasteiger partial charge in [-0.15, -0.1) is 0 Å². The molecule has 0 bridgehead atoms. The lowest BCUT2D eigenvalue weighted by molar-refractivity contribution is 0.00916. The van der Waals surface area contributed by atoms with E-state index in [0.717, 1.165) is 37.9 Å². The zero-order valence-electron chi connectivity index (χ0n) is 12.8. The first-order valence-corrected chi connectivity index (χ1v) is 7.76. The molecule has 1 aliphatic carbocycles. The minimum absolute atomic E-state index is 0.0398. The molecule has 4 heteroatoms. The maximum atomic E-state index is 12.4. The van der Waals surface area contributed by atoms with E-state index in [1.807, 2.05) is 12.1 Å². The molecule has 1 aliphatic heterocycles. The monoisotopic (exact) mass is 289 g/mol. The van der Waals surface area contributed by atoms with Crippen molar-refractivity contribution in [2.45, 2.75) is 45.6 Å². The average Bonchev–Trinajstić information content (AvgIpc) is 2.49. The van der Waals surface area contributed by atoms with Gasteiger partial charge in [-0.25, -0.2) is 4.79 Å². The fourth-order valence-corrected chi connectivity index (χ4v) is 3.04. The van der Waals surface area contributed by atoms with Gasteiger partial charge in [0.2, 0.25) is 0 Å². The van der Waals surface area contributed by atoms with E-state index in [9.17, 15) is 4.79 Å². The number of anilines is 1. The van der Waals surface area contributed by atoms with Crippen LogP contribution in [0.25, 0.3) is 0 Å². The van der Waals surface area contributed by atoms with Crippen LogP contribution in [-0.4, -0.2) is 25.2 Å². The molecule has 1 heterocycles. The van der Waals surface area contributed by atoms with Crippen molar-refractivity contribution in [1.82, 2.24) is 0 Å². The highest BCUT2D eigenvalue weighted by molar-refractivity contribution is 5.95. The topological polar surface area (TPSA) is 47.6 Å². The SMILES string of the molecule is CC1(C)CCC(OC(=O)c2cccc3c2OCCN3)CC1. The number of fused-ring (bicyclic) bond motifs is 1. The maximum Gasteiger partial charge on any atom is 0.342 e. The van der Waals surface area contributed by atoms with Gasteiger partial charge in [-0.1, -0.05) is 19.9 Å². The van der Waals surface area contributed by atoms with Gasteiger partial charge in [-0.05, 0) is 43.2 Å². The summed E-state index contributed by atoms with van der Waals surface area (Å²) in [5.74, 6) is 0.366. The Kier molecular flexibility index (Phi) is 3.79. The highest BCUT2D eigenvalue weighted by Gasteiger charge is 2.30. The maximum absolute atomic E-state index is 12.4. The van der Waals surface area contributed by atoms with Gasteiger partial charge in [0, 0.05) is 6.54 Å². The Morgan fingerprint density at radius 2 is 2.10 bits per heavy atom. The van der Waals surface area contributed by atoms with Crippen molar-refractivity contribution >= 4 is 11.7 Å². The van der Waals surface area contributed by atoms with Crippen molar-refractivity contribution in [3.63, 3.8) is 0 Å². The van der Waals surface area contributed by atoms with Crippen LogP contribution in [0.15, 0.2) is 18.2 Å². The second-order valence-corrected chi connectivity index (χ2v) is 6.73. The molecule has 0 radical (unpaired) electrons. The Labute approximate surface area is 125 Å². The van der Waals surface area contributed by atoms with Gasteiger partial charge in [0.15, 0.2) is 5.75 Å². The molecule has 0 saturated heterocycles. The van der Waals surface area contributed by atoms with Crippen LogP contribution in [0.3, 0.4) is 0 Å². The van der Waals surface area contributed by atoms with E-state index in [-0.39, 0.29) is 12.1 Å². The first kappa shape index (κ1) is 14.2. The van der Waals surface area contributed by atoms with E-state index in [0.29, 0.717) is 23.3 Å². The summed E-state index contributed by atoms with van der Waals surface area (Å²) in [5.41, 5.74) is 1.78. The summed E-state index contributed by atoms with van der Waals surface area (Å²) in [6.45, 7) is 5.90. The van der Waals surface area contributed by atoms with Gasteiger partial charge in [0.25, 0.3) is 0 Å². The molecule has 1 aromatic carbocycles. The van der Waals surface area contributed by atoms with E-state index in [1.165, 1.54) is 0 Å². The Morgan fingerprint density at radius 1 is 1.33 bits per heavy atom. The van der Waals surface area contributed by atoms with E-state index in [1.54, 1.807) is 6.07 Å². The van der Waals surface area contributed by atoms with Crippen LogP contribution in [0, 0.1) is 5.41 Å². The first-order chi connectivity index (χ1) is 10.1. The number of rotatable bonds is 2. The molecule has 1 aromatic rings. The molecular weight excluding hydrogens is 266 g/mol. The van der Waals surface area contributed by atoms with Crippen molar-refractivity contribution in [3.8, 4) is 5.75 Å². The summed E-state index contributed by atoms with van der Waals surface area (Å²) in [7, 11) is 0. The third-order valence-corrected chi connectivity index (χ3v) is 4.46. The lowest BCUT2D eigenvalue weighted by Gasteiger charge is -2.34. The minimum Gasteiger partial charge on any atom is -0.489 e. The minimum atomic E-state index is -0.264. The number of carbonyl (C=O) groups is 1. The molecule has 3 rings (SSSR count). The predicted octanol–water partition coefficient (Wildman–Crippen LogP) is 3.62. The standard InChI is InChI=1S/C17H23NO3/c1-17(2)8-6-12(7-9-17)21-16(19)13-4-3-5-14-15(13)20-11-10-18-14/h3-5,12,18H,6-11H2,1-2H3. The number of para-hydroxylation sites is 1. The van der Waals surface area contributed by atoms with Gasteiger partial charge in [-0.2, -0.15) is 0 Å². The normalized spacial score (nSPS) is 20.9. The smallest absolute Gasteiger partial charge is 0.342 e. The van der Waals surface area contributed by atoms with Gasteiger partial charge in [0.05, 0.1) is 5.69 Å². The number of nitrogens with one attached hydrogen (secondary N) is 1. The third kappa shape index (κ3) is 3.14. The van der Waals surface area contributed by atoms with Crippen LogP contribution in [-0.2, 0) is 4.74 Å². The Bertz CT molecular complexity index is 529. The van der Waals surface area contributed by atoms with Crippen LogP contribution in [0.4, 0.5) is 5.69 Å². The largest absolute Gasteiger partial charge is 0.489 e. The van der Waals surface area contributed by atoms with Gasteiger partial charge < -0.3 is 14.8 Å². The Balaban J connectivity index is 1.69. The molecule has 0 atom stereocenters. The molecule has 0 spiro atoms. The molecular formula is C17H23NO3. The van der Waals surface area contributed by atoms with Gasteiger partial charge >= 0.3 is 5.97 Å². The van der Waals surface area contributed by atoms with Crippen LogP contribution < -0.4 is 10.1 Å². The Morgan fingerprint density at radius 3 is 2.86 bits per heavy atom. The second-order valence-electron chi connectivity index (χ2n) is 6.73. The summed E-state index contributed by atoms with van der Waals surface area (Å²) in [6, 6.07) is 5.57. The third-order valence-electron chi connectivity index (χ3n) is 4.46. The van der Waals surface area contributed by atoms with Crippen LogP contribution in [0.1, 0.15) is 49.9 Å². The Hall–Kier alpha value is -1.71. The van der Waals surface area contributed by atoms with Crippen LogP contribution >= 0.6 is 0 Å². The summed E-state index contributed by atoms with van der Waals surface area (Å²) in [5, 5.41) is 3.24. The van der Waals surface area contributed by atoms with E-state index in [4.69, 9.17) is 9.47 Å². The van der Waals surface area contributed by atoms with Crippen molar-refractivity contribution in [1.29, 1.82) is 0 Å². The number of ether oxygens (including phenoxy) is 2. The van der Waals surface area contributed by atoms with E-state index >= 15 is 0 Å². The zero-order chi connectivity index (χ0) is 14.9. The van der Waals surface area contributed by atoms with Gasteiger partial charge in [0.1, 0.15) is 18.3 Å². The molecule has 4 nitrogen and oxygen atoms in total. The summed E-state index contributed by atoms with van der Waals surface area (Å²) in [6.07, 6.45) is 4.16. The average molecular weight is 289 g/mol. The van der Waals surface area contributed by atoms with Crippen LogP contribution in [0.2, 0.25) is 0 Å². The number of carbonyl (C=O) groups excluding carboxylic acids is 1. The van der Waals surface area contributed by atoms with Crippen molar-refractivity contribution in [2.75, 3.05) is 18.5 Å². The lowest BCUT2D eigenvalue weighted by atomic mass is 9.76. The summed E-state index contributed by atoms with van der Waals surface area (Å²) < 4.78 is 11.3. The number of esters is 1. The second kappa shape index (κ2) is 5.58. The predicted molar refractivity (Wildman–Crippen MR) is 81.9 cm³/mol. The molecule has 2 aliphatic rings. The fourth-order valence-electron chi connectivity index (χ4n) is 3.04. The molecule has 0 amide bonds. The molecule has 0 aromatic heterocycles. The van der Waals surface area contributed by atoms with Crippen molar-refractivity contribution in [2.24, 2.45) is 5.41 Å².